The smallest absolute Gasteiger partial charge is 0.306 e. The Morgan fingerprint density at radius 3 is 2.58 bits per heavy atom. The maximum absolute atomic E-state index is 11.1. The molecule has 0 radical (unpaired) electrons. The van der Waals surface area contributed by atoms with Crippen LogP contribution in [0.1, 0.15) is 6.42 Å². The lowest BCUT2D eigenvalue weighted by Gasteiger charge is -2.36. The van der Waals surface area contributed by atoms with Crippen molar-refractivity contribution in [1.29, 1.82) is 0 Å². The Hall–Kier alpha value is -1.26. The predicted octanol–water partition coefficient (Wildman–Crippen LogP) is 2.03. The third-order valence-electron chi connectivity index (χ3n) is 3.43. The molecular weight excluding hydrogens is 264 g/mol. The highest BCUT2D eigenvalue weighted by molar-refractivity contribution is 6.33. The van der Waals surface area contributed by atoms with Crippen LogP contribution in [0, 0.1) is 0 Å². The summed E-state index contributed by atoms with van der Waals surface area (Å²) in [6.07, 6.45) is 0.461. The van der Waals surface area contributed by atoms with Crippen molar-refractivity contribution >= 4 is 23.3 Å². The van der Waals surface area contributed by atoms with Crippen LogP contribution in [0.2, 0.25) is 5.02 Å². The van der Waals surface area contributed by atoms with Gasteiger partial charge < -0.3 is 9.64 Å². The number of carbonyl (C=O) groups excluding carboxylic acids is 1. The molecule has 4 nitrogen and oxygen atoms in total. The number of carbonyl (C=O) groups is 1. The highest BCUT2D eigenvalue weighted by Gasteiger charge is 2.19. The molecule has 1 aromatic carbocycles. The number of anilines is 1. The molecule has 1 heterocycles. The molecule has 19 heavy (non-hydrogen) atoms. The molecule has 0 aromatic heterocycles. The first-order chi connectivity index (χ1) is 9.20. The van der Waals surface area contributed by atoms with Crippen LogP contribution in [0.25, 0.3) is 0 Å². The molecule has 0 atom stereocenters. The first-order valence-electron chi connectivity index (χ1n) is 6.49. The second-order valence-electron chi connectivity index (χ2n) is 4.61. The van der Waals surface area contributed by atoms with Crippen LogP contribution >= 0.6 is 11.6 Å². The lowest BCUT2D eigenvalue weighted by Crippen LogP contribution is -2.47. The second kappa shape index (κ2) is 6.78. The molecule has 0 aliphatic carbocycles. The molecule has 1 aliphatic heterocycles. The highest BCUT2D eigenvalue weighted by atomic mass is 35.5. The van der Waals surface area contributed by atoms with E-state index in [1.807, 2.05) is 24.3 Å². The summed E-state index contributed by atoms with van der Waals surface area (Å²) in [5, 5.41) is 0.797. The van der Waals surface area contributed by atoms with Crippen molar-refractivity contribution in [3.8, 4) is 0 Å². The number of esters is 1. The summed E-state index contributed by atoms with van der Waals surface area (Å²) in [4.78, 5) is 15.7. The lowest BCUT2D eigenvalue weighted by molar-refractivity contribution is -0.141. The van der Waals surface area contributed by atoms with Gasteiger partial charge in [0.1, 0.15) is 0 Å². The zero-order valence-corrected chi connectivity index (χ0v) is 11.9. The summed E-state index contributed by atoms with van der Waals surface area (Å²) in [6, 6.07) is 7.91. The molecule has 1 aliphatic rings. The molecule has 104 valence electrons. The maximum atomic E-state index is 11.1. The molecule has 0 saturated carbocycles. The number of nitrogens with zero attached hydrogens (tertiary/aromatic N) is 2. The summed E-state index contributed by atoms with van der Waals surface area (Å²) in [5.41, 5.74) is 1.09. The van der Waals surface area contributed by atoms with Crippen molar-refractivity contribution in [2.75, 3.05) is 44.7 Å². The van der Waals surface area contributed by atoms with Gasteiger partial charge in [0, 0.05) is 32.7 Å². The number of piperazine rings is 1. The van der Waals surface area contributed by atoms with Crippen molar-refractivity contribution in [3.63, 3.8) is 0 Å². The van der Waals surface area contributed by atoms with E-state index in [1.165, 1.54) is 7.11 Å². The Kier molecular flexibility index (Phi) is 5.05. The van der Waals surface area contributed by atoms with Gasteiger partial charge in [-0.2, -0.15) is 0 Å². The van der Waals surface area contributed by atoms with Crippen molar-refractivity contribution in [2.24, 2.45) is 0 Å². The second-order valence-corrected chi connectivity index (χ2v) is 5.01. The summed E-state index contributed by atoms with van der Waals surface area (Å²) >= 11 is 6.20. The van der Waals surface area contributed by atoms with Gasteiger partial charge in [0.05, 0.1) is 24.2 Å². The third-order valence-corrected chi connectivity index (χ3v) is 3.74. The molecule has 0 N–H and O–H groups in total. The van der Waals surface area contributed by atoms with Crippen molar-refractivity contribution in [2.45, 2.75) is 6.42 Å². The van der Waals surface area contributed by atoms with Crippen LogP contribution in [0.3, 0.4) is 0 Å². The van der Waals surface area contributed by atoms with Gasteiger partial charge in [-0.1, -0.05) is 23.7 Å². The van der Waals surface area contributed by atoms with Crippen LogP contribution in [0.15, 0.2) is 24.3 Å². The van der Waals surface area contributed by atoms with E-state index in [4.69, 9.17) is 11.6 Å². The SMILES string of the molecule is COC(=O)CCN1CCN(c2ccccc2Cl)CC1. The molecule has 0 amide bonds. The predicted molar refractivity (Wildman–Crippen MR) is 76.7 cm³/mol. The Balaban J connectivity index is 1.83. The minimum Gasteiger partial charge on any atom is -0.469 e. The maximum Gasteiger partial charge on any atom is 0.306 e. The van der Waals surface area contributed by atoms with E-state index >= 15 is 0 Å². The summed E-state index contributed by atoms with van der Waals surface area (Å²) < 4.78 is 4.65. The first kappa shape index (κ1) is 14.2. The topological polar surface area (TPSA) is 32.8 Å². The van der Waals surface area contributed by atoms with Gasteiger partial charge in [-0.05, 0) is 12.1 Å². The molecule has 1 fully saturated rings. The fourth-order valence-corrected chi connectivity index (χ4v) is 2.53. The summed E-state index contributed by atoms with van der Waals surface area (Å²) in [5.74, 6) is -0.145. The Labute approximate surface area is 118 Å². The van der Waals surface area contributed by atoms with Crippen molar-refractivity contribution < 1.29 is 9.53 Å². The monoisotopic (exact) mass is 282 g/mol. The zero-order chi connectivity index (χ0) is 13.7. The Bertz CT molecular complexity index is 431. The van der Waals surface area contributed by atoms with E-state index in [2.05, 4.69) is 14.5 Å². The van der Waals surface area contributed by atoms with Gasteiger partial charge >= 0.3 is 5.97 Å². The van der Waals surface area contributed by atoms with Crippen LogP contribution in [0.5, 0.6) is 0 Å². The van der Waals surface area contributed by atoms with E-state index in [0.29, 0.717) is 6.42 Å². The molecule has 1 aromatic rings. The average molecular weight is 283 g/mol. The fraction of sp³-hybridized carbons (Fsp3) is 0.500. The van der Waals surface area contributed by atoms with Crippen LogP contribution in [-0.2, 0) is 9.53 Å². The minimum atomic E-state index is -0.145. The standard InChI is InChI=1S/C14H19ClN2O2/c1-19-14(18)6-7-16-8-10-17(11-9-16)13-5-3-2-4-12(13)15/h2-5H,6-11H2,1H3. The van der Waals surface area contributed by atoms with Gasteiger partial charge in [0.15, 0.2) is 0 Å². The molecule has 1 saturated heterocycles. The number of halogens is 1. The number of benzene rings is 1. The van der Waals surface area contributed by atoms with E-state index in [0.717, 1.165) is 43.4 Å². The van der Waals surface area contributed by atoms with E-state index in [9.17, 15) is 4.79 Å². The van der Waals surface area contributed by atoms with E-state index in [1.54, 1.807) is 0 Å². The molecule has 0 spiro atoms. The number of rotatable bonds is 4. The molecule has 0 unspecified atom stereocenters. The van der Waals surface area contributed by atoms with Gasteiger partial charge in [0.25, 0.3) is 0 Å². The quantitative estimate of drug-likeness (QED) is 0.791. The molecular formula is C14H19ClN2O2. The van der Waals surface area contributed by atoms with Gasteiger partial charge in [-0.3, -0.25) is 9.69 Å². The first-order valence-corrected chi connectivity index (χ1v) is 6.87. The fourth-order valence-electron chi connectivity index (χ4n) is 2.27. The number of hydrogen-bond acceptors (Lipinski definition) is 4. The number of ether oxygens (including phenoxy) is 1. The molecule has 0 bridgehead atoms. The van der Waals surface area contributed by atoms with Gasteiger partial charge in [-0.25, -0.2) is 0 Å². The van der Waals surface area contributed by atoms with Crippen LogP contribution in [-0.4, -0.2) is 50.7 Å². The number of para-hydroxylation sites is 1. The van der Waals surface area contributed by atoms with E-state index < -0.39 is 0 Å². The normalized spacial score (nSPS) is 16.4. The van der Waals surface area contributed by atoms with Crippen LogP contribution in [0.4, 0.5) is 5.69 Å². The van der Waals surface area contributed by atoms with Crippen molar-refractivity contribution in [3.05, 3.63) is 29.3 Å². The zero-order valence-electron chi connectivity index (χ0n) is 11.1. The molecule has 5 heteroatoms. The van der Waals surface area contributed by atoms with E-state index in [-0.39, 0.29) is 5.97 Å². The lowest BCUT2D eigenvalue weighted by atomic mass is 10.2. The third kappa shape index (κ3) is 3.85. The Morgan fingerprint density at radius 2 is 1.95 bits per heavy atom. The van der Waals surface area contributed by atoms with Gasteiger partial charge in [0.2, 0.25) is 0 Å². The van der Waals surface area contributed by atoms with Crippen LogP contribution < -0.4 is 4.90 Å². The summed E-state index contributed by atoms with van der Waals surface area (Å²) in [6.45, 7) is 4.53. The largest absolute Gasteiger partial charge is 0.469 e. The molecule has 2 rings (SSSR count). The Morgan fingerprint density at radius 1 is 1.26 bits per heavy atom. The van der Waals surface area contributed by atoms with Crippen molar-refractivity contribution in [1.82, 2.24) is 4.90 Å². The highest BCUT2D eigenvalue weighted by Crippen LogP contribution is 2.25. The summed E-state index contributed by atoms with van der Waals surface area (Å²) in [7, 11) is 1.43. The van der Waals surface area contributed by atoms with Gasteiger partial charge in [-0.15, -0.1) is 0 Å². The minimum absolute atomic E-state index is 0.145. The average Bonchev–Trinajstić information content (AvgIpc) is 2.46. The number of hydrogen-bond donors (Lipinski definition) is 0. The number of methoxy groups -OCH3 is 1.